The van der Waals surface area contributed by atoms with Gasteiger partial charge in [-0.1, -0.05) is 154 Å². The van der Waals surface area contributed by atoms with E-state index in [4.69, 9.17) is 0 Å². The third kappa shape index (κ3) is 4.43. The van der Waals surface area contributed by atoms with Gasteiger partial charge in [0.05, 0.1) is 0 Å². The van der Waals surface area contributed by atoms with Gasteiger partial charge in [0.1, 0.15) is 0 Å². The first-order chi connectivity index (χ1) is 16.7. The normalized spacial score (nSPS) is 18.1. The lowest BCUT2D eigenvalue weighted by molar-refractivity contribution is 0.507. The van der Waals surface area contributed by atoms with Crippen LogP contribution in [-0.2, 0) is 0 Å². The minimum Gasteiger partial charge on any atom is -0.0768 e. The first-order valence-electron chi connectivity index (χ1n) is 12.9. The monoisotopic (exact) mass is 473 g/mol. The van der Waals surface area contributed by atoms with Crippen LogP contribution in [0.25, 0.3) is 5.57 Å². The van der Waals surface area contributed by atoms with Crippen LogP contribution in [0.4, 0.5) is 0 Å². The van der Waals surface area contributed by atoms with Gasteiger partial charge in [-0.25, -0.2) is 0 Å². The molecular formula is C34H37Si. The molecule has 0 saturated heterocycles. The lowest BCUT2D eigenvalue weighted by Gasteiger charge is -2.29. The van der Waals surface area contributed by atoms with Crippen molar-refractivity contribution in [3.8, 4) is 0 Å². The summed E-state index contributed by atoms with van der Waals surface area (Å²) >= 11 is 0. The molecule has 1 atom stereocenters. The molecule has 0 aromatic heterocycles. The summed E-state index contributed by atoms with van der Waals surface area (Å²) < 4.78 is 0. The van der Waals surface area contributed by atoms with E-state index in [2.05, 4.69) is 139 Å². The van der Waals surface area contributed by atoms with Crippen LogP contribution in [0.2, 0.25) is 0 Å². The smallest absolute Gasteiger partial charge is 0.0768 e. The van der Waals surface area contributed by atoms with Crippen molar-refractivity contribution in [1.82, 2.24) is 0 Å². The third-order valence-electron chi connectivity index (χ3n) is 7.40. The fourth-order valence-corrected chi connectivity index (χ4v) is 8.81. The largest absolute Gasteiger partial charge is 0.151 e. The Morgan fingerprint density at radius 2 is 1.14 bits per heavy atom. The zero-order valence-corrected chi connectivity index (χ0v) is 23.0. The molecule has 177 valence electrons. The molecule has 35 heavy (non-hydrogen) atoms. The Labute approximate surface area is 213 Å². The highest BCUT2D eigenvalue weighted by Crippen LogP contribution is 2.53. The quantitative estimate of drug-likeness (QED) is 0.340. The van der Waals surface area contributed by atoms with Crippen LogP contribution in [0.5, 0.6) is 0 Å². The molecule has 2 aliphatic rings. The van der Waals surface area contributed by atoms with Crippen LogP contribution < -0.4 is 10.4 Å². The fourth-order valence-electron chi connectivity index (χ4n) is 5.87. The molecule has 1 heteroatoms. The highest BCUT2D eigenvalue weighted by atomic mass is 28.3. The summed E-state index contributed by atoms with van der Waals surface area (Å²) in [7, 11) is -1.11. The lowest BCUT2D eigenvalue weighted by atomic mass is 9.78. The highest BCUT2D eigenvalue weighted by Gasteiger charge is 2.39. The average Bonchev–Trinajstić information content (AvgIpc) is 3.42. The van der Waals surface area contributed by atoms with Crippen molar-refractivity contribution in [2.45, 2.75) is 53.9 Å². The Hall–Kier alpha value is -2.90. The van der Waals surface area contributed by atoms with Crippen molar-refractivity contribution in [3.63, 3.8) is 0 Å². The SMILES string of the molecule is CC(C)(C)C1=CCC([Si](c2ccccc2)c2ccccc2)=C1C1C=C(C(C)(C)C)c2ccccc21. The molecule has 0 fully saturated rings. The minimum atomic E-state index is -1.11. The fraction of sp³-hybridized carbons (Fsp3) is 0.294. The topological polar surface area (TPSA) is 0 Å². The van der Waals surface area contributed by atoms with Crippen LogP contribution in [0.1, 0.15) is 65.0 Å². The molecule has 3 aromatic carbocycles. The first kappa shape index (κ1) is 23.8. The second-order valence-electron chi connectivity index (χ2n) is 12.0. The van der Waals surface area contributed by atoms with E-state index in [9.17, 15) is 0 Å². The molecule has 0 spiro atoms. The molecule has 5 rings (SSSR count). The van der Waals surface area contributed by atoms with Crippen LogP contribution in [-0.4, -0.2) is 8.80 Å². The second-order valence-corrected chi connectivity index (χ2v) is 14.5. The predicted octanol–water partition coefficient (Wildman–Crippen LogP) is 7.73. The van der Waals surface area contributed by atoms with Gasteiger partial charge in [0.15, 0.2) is 8.80 Å². The Morgan fingerprint density at radius 1 is 0.629 bits per heavy atom. The molecular weight excluding hydrogens is 436 g/mol. The summed E-state index contributed by atoms with van der Waals surface area (Å²) in [6.45, 7) is 14.2. The molecule has 0 nitrogen and oxygen atoms in total. The van der Waals surface area contributed by atoms with Gasteiger partial charge in [-0.2, -0.15) is 0 Å². The van der Waals surface area contributed by atoms with E-state index in [1.807, 2.05) is 0 Å². The van der Waals surface area contributed by atoms with Crippen molar-refractivity contribution in [3.05, 3.63) is 125 Å². The highest BCUT2D eigenvalue weighted by molar-refractivity contribution is 6.91. The Kier molecular flexibility index (Phi) is 6.09. The maximum atomic E-state index is 2.60. The van der Waals surface area contributed by atoms with Gasteiger partial charge in [-0.15, -0.1) is 0 Å². The first-order valence-corrected chi connectivity index (χ1v) is 14.4. The van der Waals surface area contributed by atoms with Crippen LogP contribution >= 0.6 is 0 Å². The van der Waals surface area contributed by atoms with E-state index in [1.54, 1.807) is 10.8 Å². The van der Waals surface area contributed by atoms with E-state index < -0.39 is 8.80 Å². The second kappa shape index (κ2) is 8.95. The number of fused-ring (bicyclic) bond motifs is 1. The number of rotatable bonds is 4. The number of hydrogen-bond donors (Lipinski definition) is 0. The van der Waals surface area contributed by atoms with E-state index in [0.29, 0.717) is 5.92 Å². The van der Waals surface area contributed by atoms with E-state index in [1.165, 1.54) is 32.6 Å². The molecule has 0 aliphatic heterocycles. The molecule has 1 unspecified atom stereocenters. The third-order valence-corrected chi connectivity index (χ3v) is 10.3. The number of hydrogen-bond acceptors (Lipinski definition) is 0. The van der Waals surface area contributed by atoms with Gasteiger partial charge >= 0.3 is 0 Å². The summed E-state index contributed by atoms with van der Waals surface area (Å²) in [5, 5.41) is 4.61. The van der Waals surface area contributed by atoms with Crippen molar-refractivity contribution >= 4 is 24.7 Å². The van der Waals surface area contributed by atoms with Crippen molar-refractivity contribution in [2.24, 2.45) is 10.8 Å². The molecule has 2 aliphatic carbocycles. The van der Waals surface area contributed by atoms with E-state index >= 15 is 0 Å². The molecule has 0 saturated carbocycles. The zero-order chi connectivity index (χ0) is 24.8. The summed E-state index contributed by atoms with van der Waals surface area (Å²) in [6, 6.07) is 31.6. The lowest BCUT2D eigenvalue weighted by Crippen LogP contribution is -2.44. The van der Waals surface area contributed by atoms with Crippen LogP contribution in [0.15, 0.2) is 113 Å². The molecule has 3 aromatic rings. The van der Waals surface area contributed by atoms with Gasteiger partial charge in [-0.05, 0) is 45.1 Å². The van der Waals surface area contributed by atoms with Crippen molar-refractivity contribution in [2.75, 3.05) is 0 Å². The standard InChI is InChI=1S/C34H37Si/c1-33(2,3)29-21-22-31(35(24-15-9-7-10-16-24)25-17-11-8-12-18-25)32(29)28-23-30(34(4,5)6)27-20-14-13-19-26(27)28/h7-21,23,28H,22H2,1-6H3. The summed E-state index contributed by atoms with van der Waals surface area (Å²) in [6.07, 6.45) is 6.20. The van der Waals surface area contributed by atoms with Crippen molar-refractivity contribution in [1.29, 1.82) is 0 Å². The summed E-state index contributed by atoms with van der Waals surface area (Å²) in [5.41, 5.74) is 7.74. The van der Waals surface area contributed by atoms with E-state index in [-0.39, 0.29) is 10.8 Å². The maximum absolute atomic E-state index is 2.60. The molecule has 0 amide bonds. The molecule has 0 bridgehead atoms. The van der Waals surface area contributed by atoms with Crippen LogP contribution in [0, 0.1) is 10.8 Å². The Morgan fingerprint density at radius 3 is 1.69 bits per heavy atom. The molecule has 0 N–H and O–H groups in total. The summed E-state index contributed by atoms with van der Waals surface area (Å²) in [4.78, 5) is 0. The van der Waals surface area contributed by atoms with Gasteiger partial charge in [-0.3, -0.25) is 0 Å². The number of allylic oxidation sites excluding steroid dienone is 6. The minimum absolute atomic E-state index is 0.102. The van der Waals surface area contributed by atoms with Crippen molar-refractivity contribution < 1.29 is 0 Å². The van der Waals surface area contributed by atoms with Gasteiger partial charge in [0.2, 0.25) is 0 Å². The van der Waals surface area contributed by atoms with Gasteiger partial charge in [0, 0.05) is 5.92 Å². The Bertz CT molecular complexity index is 1270. The molecule has 1 radical (unpaired) electrons. The average molecular weight is 474 g/mol. The zero-order valence-electron chi connectivity index (χ0n) is 22.0. The number of benzene rings is 3. The van der Waals surface area contributed by atoms with Gasteiger partial charge < -0.3 is 0 Å². The Balaban J connectivity index is 1.78. The predicted molar refractivity (Wildman–Crippen MR) is 154 cm³/mol. The maximum Gasteiger partial charge on any atom is 0.151 e. The molecule has 0 heterocycles. The van der Waals surface area contributed by atoms with E-state index in [0.717, 1.165) is 6.42 Å². The summed E-state index contributed by atoms with van der Waals surface area (Å²) in [5.74, 6) is 0.316. The van der Waals surface area contributed by atoms with Gasteiger partial charge in [0.25, 0.3) is 0 Å². The van der Waals surface area contributed by atoms with Crippen LogP contribution in [0.3, 0.4) is 0 Å².